The third-order valence-electron chi connectivity index (χ3n) is 1.41. The number of hydrogen-bond acceptors (Lipinski definition) is 1. The highest BCUT2D eigenvalue weighted by atomic mass is 19.1. The van der Waals surface area contributed by atoms with Gasteiger partial charge >= 0.3 is 0 Å². The van der Waals surface area contributed by atoms with Crippen LogP contribution in [0.2, 0.25) is 0 Å². The molecule has 1 aromatic carbocycles. The van der Waals surface area contributed by atoms with Crippen molar-refractivity contribution in [3.63, 3.8) is 0 Å². The van der Waals surface area contributed by atoms with Crippen LogP contribution in [0.1, 0.15) is 18.6 Å². The highest BCUT2D eigenvalue weighted by molar-refractivity contribution is 5.20. The third-order valence-corrected chi connectivity index (χ3v) is 1.41. The molecule has 1 rings (SSSR count). The molecule has 1 N–H and O–H groups in total. The summed E-state index contributed by atoms with van der Waals surface area (Å²) in [5, 5.41) is 8.92. The fourth-order valence-electron chi connectivity index (χ4n) is 0.835. The van der Waals surface area contributed by atoms with Crippen LogP contribution in [-0.2, 0) is 0 Å². The summed E-state index contributed by atoms with van der Waals surface area (Å²) in [6, 6.07) is 3.00. The lowest BCUT2D eigenvalue weighted by molar-refractivity contribution is 0.193. The Morgan fingerprint density at radius 2 is 2.00 bits per heavy atom. The highest BCUT2D eigenvalue weighted by Crippen LogP contribution is 2.16. The molecule has 0 aliphatic rings. The Labute approximate surface area is 63.3 Å². The second kappa shape index (κ2) is 2.96. The van der Waals surface area contributed by atoms with E-state index in [0.29, 0.717) is 0 Å². The standard InChI is InChI=1S/C8H8F2O/c1-5(11)7-4-6(9)2-3-8(7)10/h2-5,11H,1H3. The first kappa shape index (κ1) is 8.14. The molecule has 0 amide bonds. The minimum absolute atomic E-state index is 0.00926. The maximum absolute atomic E-state index is 12.7. The number of benzene rings is 1. The van der Waals surface area contributed by atoms with Crippen LogP contribution in [0.25, 0.3) is 0 Å². The van der Waals surface area contributed by atoms with Crippen LogP contribution in [-0.4, -0.2) is 5.11 Å². The molecule has 1 atom stereocenters. The van der Waals surface area contributed by atoms with Crippen molar-refractivity contribution in [2.45, 2.75) is 13.0 Å². The second-order valence-electron chi connectivity index (χ2n) is 2.34. The van der Waals surface area contributed by atoms with Crippen molar-refractivity contribution < 1.29 is 13.9 Å². The number of aliphatic hydroxyl groups excluding tert-OH is 1. The molecular weight excluding hydrogens is 150 g/mol. The smallest absolute Gasteiger partial charge is 0.129 e. The van der Waals surface area contributed by atoms with Gasteiger partial charge in [-0.25, -0.2) is 8.78 Å². The van der Waals surface area contributed by atoms with Gasteiger partial charge in [0, 0.05) is 5.56 Å². The Balaban J connectivity index is 3.13. The third kappa shape index (κ3) is 1.74. The van der Waals surface area contributed by atoms with E-state index >= 15 is 0 Å². The van der Waals surface area contributed by atoms with Crippen LogP contribution in [0.4, 0.5) is 8.78 Å². The summed E-state index contributed by atoms with van der Waals surface area (Å²) >= 11 is 0. The van der Waals surface area contributed by atoms with Crippen molar-refractivity contribution >= 4 is 0 Å². The number of rotatable bonds is 1. The fourth-order valence-corrected chi connectivity index (χ4v) is 0.835. The average molecular weight is 158 g/mol. The zero-order chi connectivity index (χ0) is 8.43. The summed E-state index contributed by atoms with van der Waals surface area (Å²) in [6.07, 6.45) is -0.967. The Morgan fingerprint density at radius 1 is 1.36 bits per heavy atom. The Morgan fingerprint density at radius 3 is 2.45 bits per heavy atom. The van der Waals surface area contributed by atoms with Crippen molar-refractivity contribution in [3.05, 3.63) is 35.4 Å². The van der Waals surface area contributed by atoms with Crippen LogP contribution >= 0.6 is 0 Å². The Kier molecular flexibility index (Phi) is 2.19. The van der Waals surface area contributed by atoms with Gasteiger partial charge in [0.15, 0.2) is 0 Å². The molecule has 1 nitrogen and oxygen atoms in total. The lowest BCUT2D eigenvalue weighted by Gasteiger charge is -2.04. The topological polar surface area (TPSA) is 20.2 Å². The van der Waals surface area contributed by atoms with Crippen molar-refractivity contribution in [1.29, 1.82) is 0 Å². The van der Waals surface area contributed by atoms with E-state index in [0.717, 1.165) is 18.2 Å². The lowest BCUT2D eigenvalue weighted by atomic mass is 10.1. The molecular formula is C8H8F2O. The fraction of sp³-hybridized carbons (Fsp3) is 0.250. The van der Waals surface area contributed by atoms with Gasteiger partial charge in [-0.15, -0.1) is 0 Å². The summed E-state index contributed by atoms with van der Waals surface area (Å²) in [4.78, 5) is 0. The van der Waals surface area contributed by atoms with Gasteiger partial charge in [-0.2, -0.15) is 0 Å². The summed E-state index contributed by atoms with van der Waals surface area (Å²) in [5.41, 5.74) is -0.00926. The van der Waals surface area contributed by atoms with E-state index in [1.54, 1.807) is 0 Å². The Hall–Kier alpha value is -0.960. The number of halogens is 2. The molecule has 0 aliphatic heterocycles. The van der Waals surface area contributed by atoms with E-state index in [1.807, 2.05) is 0 Å². The second-order valence-corrected chi connectivity index (χ2v) is 2.34. The highest BCUT2D eigenvalue weighted by Gasteiger charge is 2.07. The molecule has 0 radical (unpaired) electrons. The zero-order valence-corrected chi connectivity index (χ0v) is 6.01. The minimum atomic E-state index is -0.967. The predicted octanol–water partition coefficient (Wildman–Crippen LogP) is 2.02. The minimum Gasteiger partial charge on any atom is -0.389 e. The van der Waals surface area contributed by atoms with Crippen molar-refractivity contribution in [2.24, 2.45) is 0 Å². The molecule has 1 unspecified atom stereocenters. The van der Waals surface area contributed by atoms with E-state index in [-0.39, 0.29) is 5.56 Å². The van der Waals surface area contributed by atoms with Gasteiger partial charge in [0.05, 0.1) is 6.10 Å². The van der Waals surface area contributed by atoms with E-state index < -0.39 is 17.7 Å². The van der Waals surface area contributed by atoms with Crippen LogP contribution in [0.3, 0.4) is 0 Å². The van der Waals surface area contributed by atoms with E-state index in [2.05, 4.69) is 0 Å². The van der Waals surface area contributed by atoms with E-state index in [1.165, 1.54) is 6.92 Å². The maximum Gasteiger partial charge on any atom is 0.129 e. The predicted molar refractivity (Wildman–Crippen MR) is 37.0 cm³/mol. The Bertz CT molecular complexity index is 258. The largest absolute Gasteiger partial charge is 0.389 e. The molecule has 0 spiro atoms. The molecule has 0 aliphatic carbocycles. The van der Waals surface area contributed by atoms with Gasteiger partial charge in [0.25, 0.3) is 0 Å². The molecule has 60 valence electrons. The van der Waals surface area contributed by atoms with Crippen molar-refractivity contribution in [1.82, 2.24) is 0 Å². The summed E-state index contributed by atoms with van der Waals surface area (Å²) in [7, 11) is 0. The van der Waals surface area contributed by atoms with E-state index in [9.17, 15) is 8.78 Å². The molecule has 0 bridgehead atoms. The van der Waals surface area contributed by atoms with Gasteiger partial charge in [0.1, 0.15) is 11.6 Å². The lowest BCUT2D eigenvalue weighted by Crippen LogP contribution is -1.96. The van der Waals surface area contributed by atoms with Gasteiger partial charge in [-0.05, 0) is 25.1 Å². The molecule has 0 fully saturated rings. The summed E-state index contributed by atoms with van der Waals surface area (Å²) in [6.45, 7) is 1.39. The first-order valence-electron chi connectivity index (χ1n) is 3.24. The average Bonchev–Trinajstić information content (AvgIpc) is 1.94. The monoisotopic (exact) mass is 158 g/mol. The number of hydrogen-bond donors (Lipinski definition) is 1. The van der Waals surface area contributed by atoms with Crippen molar-refractivity contribution in [3.8, 4) is 0 Å². The molecule has 3 heteroatoms. The molecule has 0 saturated carbocycles. The van der Waals surface area contributed by atoms with Crippen LogP contribution < -0.4 is 0 Å². The first-order valence-corrected chi connectivity index (χ1v) is 3.24. The molecule has 11 heavy (non-hydrogen) atoms. The quantitative estimate of drug-likeness (QED) is 0.662. The van der Waals surface area contributed by atoms with E-state index in [4.69, 9.17) is 5.11 Å². The van der Waals surface area contributed by atoms with Gasteiger partial charge in [-0.1, -0.05) is 0 Å². The van der Waals surface area contributed by atoms with Crippen molar-refractivity contribution in [2.75, 3.05) is 0 Å². The first-order chi connectivity index (χ1) is 5.11. The molecule has 1 aromatic rings. The van der Waals surface area contributed by atoms with Gasteiger partial charge in [0.2, 0.25) is 0 Å². The number of aliphatic hydroxyl groups is 1. The molecule has 0 saturated heterocycles. The van der Waals surface area contributed by atoms with Gasteiger partial charge < -0.3 is 5.11 Å². The van der Waals surface area contributed by atoms with Crippen LogP contribution in [0.5, 0.6) is 0 Å². The summed E-state index contributed by atoms with van der Waals surface area (Å²) < 4.78 is 25.1. The summed E-state index contributed by atoms with van der Waals surface area (Å²) in [5.74, 6) is -1.12. The SMILES string of the molecule is CC(O)c1cc(F)ccc1F. The maximum atomic E-state index is 12.7. The molecule has 0 heterocycles. The van der Waals surface area contributed by atoms with Crippen LogP contribution in [0.15, 0.2) is 18.2 Å². The van der Waals surface area contributed by atoms with Crippen LogP contribution in [0, 0.1) is 11.6 Å². The zero-order valence-electron chi connectivity index (χ0n) is 6.01. The normalized spacial score (nSPS) is 13.1. The molecule has 0 aromatic heterocycles. The van der Waals surface area contributed by atoms with Gasteiger partial charge in [-0.3, -0.25) is 0 Å².